The second kappa shape index (κ2) is 2.87. The van der Waals surface area contributed by atoms with Crippen molar-refractivity contribution in [3.63, 3.8) is 0 Å². The number of rotatable bonds is 0. The van der Waals surface area contributed by atoms with Crippen LogP contribution in [0.3, 0.4) is 0 Å². The summed E-state index contributed by atoms with van der Waals surface area (Å²) in [5, 5.41) is 12.0. The van der Waals surface area contributed by atoms with Crippen LogP contribution in [0.1, 0.15) is 19.3 Å². The molecule has 0 aromatic heterocycles. The Morgan fingerprint density at radius 3 is 2.89 bits per heavy atom. The zero-order valence-corrected chi connectivity index (χ0v) is 5.73. The minimum Gasteiger partial charge on any atom is -0.411 e. The molecule has 0 unspecified atom stereocenters. The van der Waals surface area contributed by atoms with E-state index in [9.17, 15) is 0 Å². The van der Waals surface area contributed by atoms with E-state index in [2.05, 4.69) is 5.16 Å². The lowest BCUT2D eigenvalue weighted by atomic mass is 10.1. The first kappa shape index (κ1) is 6.62. The van der Waals surface area contributed by atoms with E-state index in [-0.39, 0.29) is 0 Å². The summed E-state index contributed by atoms with van der Waals surface area (Å²) in [7, 11) is 0. The predicted octanol–water partition coefficient (Wildman–Crippen LogP) is 2.12. The van der Waals surface area contributed by atoms with Crippen LogP contribution in [0.25, 0.3) is 0 Å². The molecule has 1 aliphatic carbocycles. The summed E-state index contributed by atoms with van der Waals surface area (Å²) in [5.74, 6) is 0. The summed E-state index contributed by atoms with van der Waals surface area (Å²) >= 11 is 5.65. The van der Waals surface area contributed by atoms with Crippen molar-refractivity contribution >= 4 is 17.3 Å². The van der Waals surface area contributed by atoms with Crippen molar-refractivity contribution in [1.82, 2.24) is 0 Å². The molecule has 0 saturated heterocycles. The zero-order valence-electron chi connectivity index (χ0n) is 4.97. The lowest BCUT2D eigenvalue weighted by Crippen LogP contribution is -2.02. The van der Waals surface area contributed by atoms with Crippen LogP contribution in [0.4, 0.5) is 0 Å². The van der Waals surface area contributed by atoms with E-state index in [0.717, 1.165) is 19.3 Å². The molecule has 2 nitrogen and oxygen atoms in total. The average Bonchev–Trinajstić information content (AvgIpc) is 1.89. The van der Waals surface area contributed by atoms with Gasteiger partial charge in [-0.05, 0) is 19.3 Å². The number of halogens is 1. The first-order valence-electron chi connectivity index (χ1n) is 2.91. The number of hydrogen-bond acceptors (Lipinski definition) is 2. The quantitative estimate of drug-likeness (QED) is 0.411. The van der Waals surface area contributed by atoms with Gasteiger partial charge >= 0.3 is 0 Å². The van der Waals surface area contributed by atoms with E-state index in [4.69, 9.17) is 16.8 Å². The summed E-state index contributed by atoms with van der Waals surface area (Å²) in [6, 6.07) is 0. The van der Waals surface area contributed by atoms with Crippen LogP contribution in [-0.2, 0) is 0 Å². The number of oxime groups is 1. The molecule has 0 aromatic carbocycles. The molecule has 0 atom stereocenters. The van der Waals surface area contributed by atoms with E-state index in [1.807, 2.05) is 6.08 Å². The van der Waals surface area contributed by atoms with E-state index in [1.165, 1.54) is 0 Å². The van der Waals surface area contributed by atoms with Crippen molar-refractivity contribution in [2.24, 2.45) is 5.16 Å². The molecule has 9 heavy (non-hydrogen) atoms. The van der Waals surface area contributed by atoms with Crippen molar-refractivity contribution in [2.75, 3.05) is 0 Å². The topological polar surface area (TPSA) is 32.6 Å². The van der Waals surface area contributed by atoms with Crippen molar-refractivity contribution in [3.05, 3.63) is 11.1 Å². The summed E-state index contributed by atoms with van der Waals surface area (Å²) in [6.45, 7) is 0. The lowest BCUT2D eigenvalue weighted by Gasteiger charge is -2.06. The van der Waals surface area contributed by atoms with Crippen LogP contribution in [0.5, 0.6) is 0 Å². The zero-order chi connectivity index (χ0) is 6.69. The molecule has 0 spiro atoms. The van der Waals surface area contributed by atoms with Gasteiger partial charge in [-0.25, -0.2) is 0 Å². The van der Waals surface area contributed by atoms with E-state index in [1.54, 1.807) is 0 Å². The number of nitrogens with zero attached hydrogens (tertiary/aromatic N) is 1. The van der Waals surface area contributed by atoms with Gasteiger partial charge in [-0.3, -0.25) is 0 Å². The van der Waals surface area contributed by atoms with Crippen molar-refractivity contribution < 1.29 is 5.21 Å². The third-order valence-corrected chi connectivity index (χ3v) is 1.71. The molecule has 0 amide bonds. The Labute approximate surface area is 58.8 Å². The monoisotopic (exact) mass is 145 g/mol. The first-order chi connectivity index (χ1) is 4.34. The van der Waals surface area contributed by atoms with E-state index < -0.39 is 0 Å². The lowest BCUT2D eigenvalue weighted by molar-refractivity contribution is 0.317. The Bertz CT molecular complexity index is 162. The van der Waals surface area contributed by atoms with Crippen LogP contribution in [-0.4, -0.2) is 10.9 Å². The minimum atomic E-state index is 0.601. The molecule has 1 N–H and O–H groups in total. The summed E-state index contributed by atoms with van der Waals surface area (Å²) < 4.78 is 0. The molecule has 0 aromatic rings. The van der Waals surface area contributed by atoms with Crippen LogP contribution >= 0.6 is 11.6 Å². The third kappa shape index (κ3) is 1.45. The molecular weight excluding hydrogens is 138 g/mol. The van der Waals surface area contributed by atoms with Gasteiger partial charge in [0.25, 0.3) is 0 Å². The average molecular weight is 146 g/mol. The first-order valence-corrected chi connectivity index (χ1v) is 3.29. The van der Waals surface area contributed by atoms with Crippen LogP contribution in [0.2, 0.25) is 0 Å². The molecule has 1 aliphatic rings. The minimum absolute atomic E-state index is 0.601. The fourth-order valence-corrected chi connectivity index (χ4v) is 1.07. The summed E-state index contributed by atoms with van der Waals surface area (Å²) in [4.78, 5) is 0. The van der Waals surface area contributed by atoms with Gasteiger partial charge in [0.2, 0.25) is 0 Å². The highest BCUT2D eigenvalue weighted by molar-refractivity contribution is 6.43. The second-order valence-electron chi connectivity index (χ2n) is 1.99. The maximum atomic E-state index is 8.32. The van der Waals surface area contributed by atoms with Gasteiger partial charge in [-0.1, -0.05) is 22.8 Å². The van der Waals surface area contributed by atoms with Crippen LogP contribution in [0.15, 0.2) is 16.3 Å². The molecule has 3 heteroatoms. The molecule has 0 aliphatic heterocycles. The molecule has 0 fully saturated rings. The van der Waals surface area contributed by atoms with Gasteiger partial charge < -0.3 is 5.21 Å². The Balaban J connectivity index is 2.73. The van der Waals surface area contributed by atoms with Crippen LogP contribution in [0, 0.1) is 0 Å². The van der Waals surface area contributed by atoms with E-state index in [0.29, 0.717) is 10.7 Å². The molecule has 0 bridgehead atoms. The standard InChI is InChI=1S/C6H8ClNO/c7-5-3-1-2-4-6(5)8-9/h3,9H,1-2,4H2/b8-6-. The van der Waals surface area contributed by atoms with Crippen molar-refractivity contribution in [2.45, 2.75) is 19.3 Å². The largest absolute Gasteiger partial charge is 0.411 e. The highest BCUT2D eigenvalue weighted by atomic mass is 35.5. The van der Waals surface area contributed by atoms with Crippen molar-refractivity contribution in [3.8, 4) is 0 Å². The molecule has 0 heterocycles. The fraction of sp³-hybridized carbons (Fsp3) is 0.500. The van der Waals surface area contributed by atoms with Gasteiger partial charge in [0.15, 0.2) is 0 Å². The Morgan fingerprint density at radius 2 is 2.44 bits per heavy atom. The Kier molecular flexibility index (Phi) is 2.11. The molecule has 1 rings (SSSR count). The summed E-state index contributed by atoms with van der Waals surface area (Å²) in [6.07, 6.45) is 4.71. The van der Waals surface area contributed by atoms with Gasteiger partial charge in [0.05, 0.1) is 10.7 Å². The fourth-order valence-electron chi connectivity index (χ4n) is 0.833. The van der Waals surface area contributed by atoms with Gasteiger partial charge in [-0.2, -0.15) is 0 Å². The van der Waals surface area contributed by atoms with Gasteiger partial charge in [0.1, 0.15) is 0 Å². The maximum Gasteiger partial charge on any atom is 0.0978 e. The third-order valence-electron chi connectivity index (χ3n) is 1.34. The van der Waals surface area contributed by atoms with Gasteiger partial charge in [-0.15, -0.1) is 0 Å². The Morgan fingerprint density at radius 1 is 1.67 bits per heavy atom. The number of hydrogen-bond donors (Lipinski definition) is 1. The van der Waals surface area contributed by atoms with Gasteiger partial charge in [0, 0.05) is 0 Å². The van der Waals surface area contributed by atoms with Crippen molar-refractivity contribution in [1.29, 1.82) is 0 Å². The predicted molar refractivity (Wildman–Crippen MR) is 37.0 cm³/mol. The number of allylic oxidation sites excluding steroid dienone is 2. The molecule has 0 radical (unpaired) electrons. The highest BCUT2D eigenvalue weighted by Gasteiger charge is 2.08. The maximum absolute atomic E-state index is 8.32. The SMILES string of the molecule is O/N=C1/CCCC=C1Cl. The molecule has 0 saturated carbocycles. The highest BCUT2D eigenvalue weighted by Crippen LogP contribution is 2.17. The Hall–Kier alpha value is -0.500. The summed E-state index contributed by atoms with van der Waals surface area (Å²) in [5.41, 5.74) is 0.614. The van der Waals surface area contributed by atoms with E-state index >= 15 is 0 Å². The smallest absolute Gasteiger partial charge is 0.0978 e. The van der Waals surface area contributed by atoms with Crippen LogP contribution < -0.4 is 0 Å². The molecular formula is C6H8ClNO. The molecule has 50 valence electrons. The second-order valence-corrected chi connectivity index (χ2v) is 2.40. The normalized spacial score (nSPS) is 24.1.